The highest BCUT2D eigenvalue weighted by Gasteiger charge is 2.15. The van der Waals surface area contributed by atoms with E-state index in [1.54, 1.807) is 19.2 Å². The molecule has 8 heteroatoms. The Labute approximate surface area is 145 Å². The monoisotopic (exact) mass is 347 g/mol. The fourth-order valence-electron chi connectivity index (χ4n) is 2.24. The minimum absolute atomic E-state index is 0.0793. The Morgan fingerprint density at radius 3 is 2.56 bits per heavy atom. The normalized spacial score (nSPS) is 11.2. The van der Waals surface area contributed by atoms with Gasteiger partial charge in [0, 0.05) is 11.1 Å². The van der Waals surface area contributed by atoms with Gasteiger partial charge in [0.1, 0.15) is 18.1 Å². The third kappa shape index (κ3) is 5.98. The number of carbonyl (C=O) groups excluding carboxylic acids is 2. The quantitative estimate of drug-likeness (QED) is 0.856. The van der Waals surface area contributed by atoms with Crippen LogP contribution in [0.2, 0.25) is 0 Å². The lowest BCUT2D eigenvalue weighted by Crippen LogP contribution is -2.46. The highest BCUT2D eigenvalue weighted by atomic mass is 19.1. The Morgan fingerprint density at radius 1 is 1.20 bits per heavy atom. The van der Waals surface area contributed by atoms with Crippen molar-refractivity contribution in [2.45, 2.75) is 39.8 Å². The summed E-state index contributed by atoms with van der Waals surface area (Å²) in [6.07, 6.45) is 1.56. The van der Waals surface area contributed by atoms with Gasteiger partial charge >= 0.3 is 0 Å². The van der Waals surface area contributed by atoms with Crippen LogP contribution in [0.1, 0.15) is 26.3 Å². The molecule has 0 saturated heterocycles. The number of hydrogen-bond acceptors (Lipinski definition) is 4. The lowest BCUT2D eigenvalue weighted by atomic mass is 10.1. The third-order valence-electron chi connectivity index (χ3n) is 3.14. The number of aryl methyl sites for hydroxylation is 1. The number of amides is 2. The van der Waals surface area contributed by atoms with Gasteiger partial charge in [-0.3, -0.25) is 9.59 Å². The minimum atomic E-state index is -0.365. The first-order chi connectivity index (χ1) is 11.6. The molecule has 1 aromatic heterocycles. The van der Waals surface area contributed by atoms with Crippen molar-refractivity contribution in [2.24, 2.45) is 0 Å². The maximum atomic E-state index is 13.5. The van der Waals surface area contributed by atoms with Crippen molar-refractivity contribution in [3.05, 3.63) is 35.8 Å². The summed E-state index contributed by atoms with van der Waals surface area (Å²) < 4.78 is 14.8. The number of halogens is 1. The van der Waals surface area contributed by atoms with Gasteiger partial charge in [-0.2, -0.15) is 0 Å². The van der Waals surface area contributed by atoms with Gasteiger partial charge in [0.15, 0.2) is 0 Å². The molecule has 0 aliphatic carbocycles. The summed E-state index contributed by atoms with van der Waals surface area (Å²) >= 11 is 0. The van der Waals surface area contributed by atoms with Crippen molar-refractivity contribution in [1.29, 1.82) is 0 Å². The van der Waals surface area contributed by atoms with Crippen LogP contribution in [0.25, 0.3) is 11.3 Å². The molecular formula is C17H22FN5O2. The Hall–Kier alpha value is -2.77. The lowest BCUT2D eigenvalue weighted by molar-refractivity contribution is -0.127. The van der Waals surface area contributed by atoms with E-state index >= 15 is 0 Å². The fraction of sp³-hybridized carbons (Fsp3) is 0.412. The van der Waals surface area contributed by atoms with Crippen molar-refractivity contribution in [3.63, 3.8) is 0 Å². The van der Waals surface area contributed by atoms with Crippen LogP contribution in [0.4, 0.5) is 4.39 Å². The summed E-state index contributed by atoms with van der Waals surface area (Å²) in [6.45, 7) is 7.17. The number of nitrogens with zero attached hydrogens (tertiary/aromatic N) is 3. The van der Waals surface area contributed by atoms with Gasteiger partial charge in [-0.05, 0) is 51.5 Å². The molecule has 0 aliphatic rings. The lowest BCUT2D eigenvalue weighted by Gasteiger charge is -2.20. The highest BCUT2D eigenvalue weighted by molar-refractivity contribution is 5.84. The van der Waals surface area contributed by atoms with Gasteiger partial charge in [0.2, 0.25) is 11.8 Å². The molecule has 0 saturated carbocycles. The molecule has 0 unspecified atom stereocenters. The van der Waals surface area contributed by atoms with E-state index in [0.717, 1.165) is 5.56 Å². The topological polar surface area (TPSA) is 88.9 Å². The summed E-state index contributed by atoms with van der Waals surface area (Å²) in [6, 6.07) is 4.57. The van der Waals surface area contributed by atoms with Crippen LogP contribution in [-0.4, -0.2) is 38.9 Å². The predicted molar refractivity (Wildman–Crippen MR) is 91.1 cm³/mol. The molecule has 2 N–H and O–H groups in total. The molecule has 0 atom stereocenters. The summed E-state index contributed by atoms with van der Waals surface area (Å²) in [5.41, 5.74) is 1.48. The number of benzene rings is 1. The Bertz CT molecular complexity index is 759. The van der Waals surface area contributed by atoms with Gasteiger partial charge in [-0.25, -0.2) is 9.07 Å². The van der Waals surface area contributed by atoms with Crippen LogP contribution in [0, 0.1) is 12.7 Å². The second-order valence-corrected chi connectivity index (χ2v) is 6.89. The molecule has 134 valence electrons. The summed E-state index contributed by atoms with van der Waals surface area (Å²) in [5.74, 6) is -0.988. The van der Waals surface area contributed by atoms with Crippen LogP contribution in [0.15, 0.2) is 24.4 Å². The fourth-order valence-corrected chi connectivity index (χ4v) is 2.24. The summed E-state index contributed by atoms with van der Waals surface area (Å²) in [4.78, 5) is 23.6. The van der Waals surface area contributed by atoms with E-state index in [1.807, 2.05) is 20.8 Å². The SMILES string of the molecule is Cc1cc(F)cc(-c2cn(CC(=O)NCC(=O)NC(C)(C)C)nn2)c1. The molecule has 1 aromatic carbocycles. The van der Waals surface area contributed by atoms with E-state index in [2.05, 4.69) is 20.9 Å². The number of aromatic nitrogens is 3. The van der Waals surface area contributed by atoms with Crippen molar-refractivity contribution in [3.8, 4) is 11.3 Å². The van der Waals surface area contributed by atoms with Crippen molar-refractivity contribution in [2.75, 3.05) is 6.54 Å². The first-order valence-electron chi connectivity index (χ1n) is 7.88. The highest BCUT2D eigenvalue weighted by Crippen LogP contribution is 2.19. The summed E-state index contributed by atoms with van der Waals surface area (Å²) in [7, 11) is 0. The van der Waals surface area contributed by atoms with Crippen LogP contribution in [0.3, 0.4) is 0 Å². The molecule has 0 aliphatic heterocycles. The molecule has 2 rings (SSSR count). The Morgan fingerprint density at radius 2 is 1.92 bits per heavy atom. The molecule has 7 nitrogen and oxygen atoms in total. The first-order valence-corrected chi connectivity index (χ1v) is 7.88. The third-order valence-corrected chi connectivity index (χ3v) is 3.14. The van der Waals surface area contributed by atoms with Crippen LogP contribution in [-0.2, 0) is 16.1 Å². The molecule has 2 aromatic rings. The molecule has 0 spiro atoms. The zero-order chi connectivity index (χ0) is 18.6. The van der Waals surface area contributed by atoms with E-state index in [-0.39, 0.29) is 36.3 Å². The Balaban J connectivity index is 1.92. The maximum absolute atomic E-state index is 13.5. The smallest absolute Gasteiger partial charge is 0.242 e. The second kappa shape index (κ2) is 7.42. The molecule has 0 fully saturated rings. The molecule has 2 amide bonds. The standard InChI is InChI=1S/C17H22FN5O2/c1-11-5-12(7-13(18)6-11)14-9-23(22-21-14)10-16(25)19-8-15(24)20-17(2,3)4/h5-7,9H,8,10H2,1-4H3,(H,19,25)(H,20,24). The van der Waals surface area contributed by atoms with Crippen molar-refractivity contribution >= 4 is 11.8 Å². The number of carbonyl (C=O) groups is 2. The largest absolute Gasteiger partial charge is 0.350 e. The van der Waals surface area contributed by atoms with Gasteiger partial charge in [-0.1, -0.05) is 5.21 Å². The van der Waals surface area contributed by atoms with E-state index in [1.165, 1.54) is 16.8 Å². The molecule has 0 radical (unpaired) electrons. The predicted octanol–water partition coefficient (Wildman–Crippen LogP) is 1.42. The maximum Gasteiger partial charge on any atom is 0.242 e. The molecular weight excluding hydrogens is 325 g/mol. The van der Waals surface area contributed by atoms with Crippen molar-refractivity contribution in [1.82, 2.24) is 25.6 Å². The first kappa shape index (κ1) is 18.6. The van der Waals surface area contributed by atoms with Crippen molar-refractivity contribution < 1.29 is 14.0 Å². The van der Waals surface area contributed by atoms with Crippen LogP contribution >= 0.6 is 0 Å². The molecule has 1 heterocycles. The number of nitrogens with one attached hydrogen (secondary N) is 2. The van der Waals surface area contributed by atoms with Gasteiger partial charge in [-0.15, -0.1) is 5.10 Å². The van der Waals surface area contributed by atoms with Gasteiger partial charge in [0.25, 0.3) is 0 Å². The number of hydrogen-bond donors (Lipinski definition) is 2. The minimum Gasteiger partial charge on any atom is -0.350 e. The van der Waals surface area contributed by atoms with Crippen LogP contribution in [0.5, 0.6) is 0 Å². The number of rotatable bonds is 5. The van der Waals surface area contributed by atoms with E-state index in [4.69, 9.17) is 0 Å². The summed E-state index contributed by atoms with van der Waals surface area (Å²) in [5, 5.41) is 13.1. The average molecular weight is 347 g/mol. The van der Waals surface area contributed by atoms with Gasteiger partial charge in [0.05, 0.1) is 12.7 Å². The zero-order valence-electron chi connectivity index (χ0n) is 14.8. The molecule has 25 heavy (non-hydrogen) atoms. The van der Waals surface area contributed by atoms with Gasteiger partial charge < -0.3 is 10.6 Å². The average Bonchev–Trinajstić information content (AvgIpc) is 2.91. The van der Waals surface area contributed by atoms with E-state index in [9.17, 15) is 14.0 Å². The molecule has 0 bridgehead atoms. The zero-order valence-corrected chi connectivity index (χ0v) is 14.8. The second-order valence-electron chi connectivity index (χ2n) is 6.89. The van der Waals surface area contributed by atoms with Crippen LogP contribution < -0.4 is 10.6 Å². The van der Waals surface area contributed by atoms with E-state index in [0.29, 0.717) is 11.3 Å². The Kier molecular flexibility index (Phi) is 5.51. The van der Waals surface area contributed by atoms with E-state index < -0.39 is 0 Å².